The molecule has 2 aromatic rings. The molecule has 0 bridgehead atoms. The van der Waals surface area contributed by atoms with E-state index in [0.29, 0.717) is 16.6 Å². The molecule has 108 valence electrons. The van der Waals surface area contributed by atoms with E-state index in [9.17, 15) is 4.79 Å². The van der Waals surface area contributed by atoms with Crippen LogP contribution in [0.2, 0.25) is 0 Å². The van der Waals surface area contributed by atoms with E-state index in [0.717, 1.165) is 4.90 Å². The van der Waals surface area contributed by atoms with Gasteiger partial charge in [0.2, 0.25) is 11.1 Å². The van der Waals surface area contributed by atoms with Crippen molar-refractivity contribution in [3.63, 3.8) is 0 Å². The number of rotatable bonds is 6. The van der Waals surface area contributed by atoms with Crippen LogP contribution in [0.15, 0.2) is 34.3 Å². The van der Waals surface area contributed by atoms with E-state index in [1.165, 1.54) is 28.2 Å². The summed E-state index contributed by atoms with van der Waals surface area (Å²) >= 11 is 2.65. The molecule has 1 aromatic heterocycles. The summed E-state index contributed by atoms with van der Waals surface area (Å²) in [7, 11) is 1.72. The van der Waals surface area contributed by atoms with Gasteiger partial charge in [-0.3, -0.25) is 4.79 Å². The lowest BCUT2D eigenvalue weighted by Crippen LogP contribution is -2.15. The van der Waals surface area contributed by atoms with Gasteiger partial charge in [-0.05, 0) is 22.6 Å². The van der Waals surface area contributed by atoms with Gasteiger partial charge >= 0.3 is 0 Å². The van der Waals surface area contributed by atoms with Crippen LogP contribution in [-0.4, -0.2) is 37.6 Å². The topological polar surface area (TPSA) is 96.5 Å². The van der Waals surface area contributed by atoms with Crippen molar-refractivity contribution in [2.75, 3.05) is 16.8 Å². The molecule has 21 heavy (non-hydrogen) atoms. The molecule has 7 nitrogen and oxygen atoms in total. The summed E-state index contributed by atoms with van der Waals surface area (Å²) in [5, 5.41) is 23.0. The van der Waals surface area contributed by atoms with Gasteiger partial charge in [-0.2, -0.15) is 5.26 Å². The predicted octanol–water partition coefficient (Wildman–Crippen LogP) is 1.56. The van der Waals surface area contributed by atoms with E-state index in [1.807, 2.05) is 24.3 Å². The molecule has 1 N–H and O–H groups in total. The lowest BCUT2D eigenvalue weighted by Gasteiger charge is -2.09. The molecule has 9 heteroatoms. The second kappa shape index (κ2) is 7.66. The normalized spacial score (nSPS) is 10.1. The Morgan fingerprint density at radius 3 is 2.95 bits per heavy atom. The van der Waals surface area contributed by atoms with Gasteiger partial charge in [-0.15, -0.1) is 16.9 Å². The first-order chi connectivity index (χ1) is 10.2. The van der Waals surface area contributed by atoms with Gasteiger partial charge in [0.1, 0.15) is 0 Å². The first kappa shape index (κ1) is 15.3. The lowest BCUT2D eigenvalue weighted by molar-refractivity contribution is -0.113. The minimum atomic E-state index is -0.145. The molecule has 0 aliphatic heterocycles. The minimum absolute atomic E-state index is 0.145. The Labute approximate surface area is 130 Å². The number of tetrazole rings is 1. The molecule has 0 saturated heterocycles. The minimum Gasteiger partial charge on any atom is -0.324 e. The van der Waals surface area contributed by atoms with Gasteiger partial charge < -0.3 is 5.32 Å². The van der Waals surface area contributed by atoms with Crippen molar-refractivity contribution in [3.05, 3.63) is 24.3 Å². The number of amides is 1. The van der Waals surface area contributed by atoms with Crippen LogP contribution in [0.5, 0.6) is 0 Å². The highest BCUT2D eigenvalue weighted by Crippen LogP contribution is 2.26. The third-order valence-electron chi connectivity index (χ3n) is 2.37. The summed E-state index contributed by atoms with van der Waals surface area (Å²) in [4.78, 5) is 12.8. The zero-order chi connectivity index (χ0) is 15.1. The average molecular weight is 320 g/mol. The van der Waals surface area contributed by atoms with E-state index in [2.05, 4.69) is 26.9 Å². The Morgan fingerprint density at radius 2 is 2.24 bits per heavy atom. The predicted molar refractivity (Wildman–Crippen MR) is 80.9 cm³/mol. The average Bonchev–Trinajstić information content (AvgIpc) is 2.89. The summed E-state index contributed by atoms with van der Waals surface area (Å²) in [5.41, 5.74) is 0.708. The Bertz CT molecular complexity index is 666. The van der Waals surface area contributed by atoms with Gasteiger partial charge in [0.05, 0.1) is 23.3 Å². The van der Waals surface area contributed by atoms with Gasteiger partial charge in [0.25, 0.3) is 0 Å². The van der Waals surface area contributed by atoms with Gasteiger partial charge in [-0.1, -0.05) is 23.9 Å². The Morgan fingerprint density at radius 1 is 1.43 bits per heavy atom. The Hall–Kier alpha value is -2.05. The van der Waals surface area contributed by atoms with Crippen LogP contribution in [0.3, 0.4) is 0 Å². The van der Waals surface area contributed by atoms with Crippen molar-refractivity contribution >= 4 is 35.1 Å². The van der Waals surface area contributed by atoms with Gasteiger partial charge in [0, 0.05) is 11.9 Å². The van der Waals surface area contributed by atoms with E-state index in [-0.39, 0.29) is 11.7 Å². The molecule has 0 saturated carbocycles. The van der Waals surface area contributed by atoms with Crippen LogP contribution >= 0.6 is 23.5 Å². The number of aryl methyl sites for hydroxylation is 1. The third kappa shape index (κ3) is 4.47. The molecule has 0 aliphatic carbocycles. The van der Waals surface area contributed by atoms with Crippen LogP contribution in [0.1, 0.15) is 0 Å². The number of hydrogen-bond donors (Lipinski definition) is 1. The summed E-state index contributed by atoms with van der Waals surface area (Å²) in [6.07, 6.45) is 0. The molecule has 0 radical (unpaired) electrons. The zero-order valence-electron chi connectivity index (χ0n) is 11.2. The second-order valence-corrected chi connectivity index (χ2v) is 5.82. The number of thioether (sulfide) groups is 2. The summed E-state index contributed by atoms with van der Waals surface area (Å²) in [6, 6.07) is 9.46. The van der Waals surface area contributed by atoms with Crippen molar-refractivity contribution in [1.82, 2.24) is 20.2 Å². The molecule has 0 unspecified atom stereocenters. The highest BCUT2D eigenvalue weighted by atomic mass is 32.2. The number of aromatic nitrogens is 4. The quantitative estimate of drug-likeness (QED) is 0.807. The van der Waals surface area contributed by atoms with Crippen molar-refractivity contribution in [2.24, 2.45) is 7.05 Å². The molecule has 0 spiro atoms. The fourth-order valence-corrected chi connectivity index (χ4v) is 2.79. The molecule has 0 aliphatic rings. The summed E-state index contributed by atoms with van der Waals surface area (Å²) in [6.45, 7) is 0. The Kier molecular flexibility index (Phi) is 5.59. The Balaban J connectivity index is 1.93. The first-order valence-electron chi connectivity index (χ1n) is 5.94. The van der Waals surface area contributed by atoms with Crippen LogP contribution in [0.4, 0.5) is 5.69 Å². The SMILES string of the molecule is Cn1nnnc1SCC(=O)Nc1ccccc1SCC#N. The summed E-state index contributed by atoms with van der Waals surface area (Å²) < 4.78 is 1.51. The molecule has 2 rings (SSSR count). The van der Waals surface area contributed by atoms with Gasteiger partial charge in [0.15, 0.2) is 0 Å². The number of benzene rings is 1. The maximum atomic E-state index is 12.0. The number of carbonyl (C=O) groups is 1. The monoisotopic (exact) mass is 320 g/mol. The maximum Gasteiger partial charge on any atom is 0.234 e. The van der Waals surface area contributed by atoms with Crippen LogP contribution in [0.25, 0.3) is 0 Å². The number of hydrogen-bond acceptors (Lipinski definition) is 7. The van der Waals surface area contributed by atoms with E-state index < -0.39 is 0 Å². The second-order valence-electron chi connectivity index (χ2n) is 3.86. The smallest absolute Gasteiger partial charge is 0.234 e. The zero-order valence-corrected chi connectivity index (χ0v) is 12.8. The molecule has 1 heterocycles. The molecule has 0 fully saturated rings. The molecular formula is C12H12N6OS2. The molecule has 1 amide bonds. The number of carbonyl (C=O) groups excluding carboxylic acids is 1. The number of nitrogens with one attached hydrogen (secondary N) is 1. The van der Waals surface area contributed by atoms with Crippen LogP contribution in [0, 0.1) is 11.3 Å². The highest BCUT2D eigenvalue weighted by Gasteiger charge is 2.10. The standard InChI is InChI=1S/C12H12N6OS2/c1-18-12(15-16-17-18)21-8-11(19)14-9-4-2-3-5-10(9)20-7-6-13/h2-5H,7-8H2,1H3,(H,14,19). The van der Waals surface area contributed by atoms with Crippen molar-refractivity contribution in [3.8, 4) is 6.07 Å². The fraction of sp³-hybridized carbons (Fsp3) is 0.250. The number of para-hydroxylation sites is 1. The van der Waals surface area contributed by atoms with Crippen LogP contribution in [-0.2, 0) is 11.8 Å². The third-order valence-corrected chi connectivity index (χ3v) is 4.32. The van der Waals surface area contributed by atoms with Gasteiger partial charge in [-0.25, -0.2) is 4.68 Å². The molecule has 1 aromatic carbocycles. The highest BCUT2D eigenvalue weighted by molar-refractivity contribution is 8.00. The van der Waals surface area contributed by atoms with Crippen molar-refractivity contribution < 1.29 is 4.79 Å². The maximum absolute atomic E-state index is 12.0. The molecule has 0 atom stereocenters. The largest absolute Gasteiger partial charge is 0.324 e. The summed E-state index contributed by atoms with van der Waals surface area (Å²) in [5.74, 6) is 0.408. The number of nitrogens with zero attached hydrogens (tertiary/aromatic N) is 5. The number of nitriles is 1. The van der Waals surface area contributed by atoms with E-state index >= 15 is 0 Å². The van der Waals surface area contributed by atoms with E-state index in [1.54, 1.807) is 7.05 Å². The number of anilines is 1. The molecular weight excluding hydrogens is 308 g/mol. The van der Waals surface area contributed by atoms with Crippen molar-refractivity contribution in [1.29, 1.82) is 5.26 Å². The fourth-order valence-electron chi connectivity index (χ4n) is 1.47. The van der Waals surface area contributed by atoms with E-state index in [4.69, 9.17) is 5.26 Å². The first-order valence-corrected chi connectivity index (χ1v) is 7.91. The van der Waals surface area contributed by atoms with Crippen molar-refractivity contribution in [2.45, 2.75) is 10.1 Å². The van der Waals surface area contributed by atoms with Crippen LogP contribution < -0.4 is 5.32 Å². The lowest BCUT2D eigenvalue weighted by atomic mass is 10.3.